The SMILES string of the molecule is Cc1cccc(N(c2ccc(-c3ccccc3)cc2C)c2cc(N(c3cccc(C)c3)c3ccc(-c4ccccc4)cc3C)c3ccc4cc(C(C)(C)C)cc5ccc2c3c54)c1. The van der Waals surface area contributed by atoms with Gasteiger partial charge in [0.15, 0.2) is 0 Å². The number of hydrogen-bond donors (Lipinski definition) is 0. The lowest BCUT2D eigenvalue weighted by molar-refractivity contribution is 0.591. The lowest BCUT2D eigenvalue weighted by atomic mass is 9.83. The molecule has 0 amide bonds. The van der Waals surface area contributed by atoms with Gasteiger partial charge in [-0.25, -0.2) is 0 Å². The van der Waals surface area contributed by atoms with Crippen LogP contribution in [0.2, 0.25) is 0 Å². The fourth-order valence-corrected chi connectivity index (χ4v) is 9.46. The molecule has 0 aliphatic rings. The van der Waals surface area contributed by atoms with Crippen molar-refractivity contribution in [3.63, 3.8) is 0 Å². The molecule has 0 bridgehead atoms. The molecule has 0 unspecified atom stereocenters. The molecule has 0 fully saturated rings. The zero-order valence-electron chi connectivity index (χ0n) is 36.8. The standard InChI is InChI=1S/C60H52N2/c1-39-16-14-22-50(32-39)61(54-30-26-45(34-41(54)3)43-18-10-8-11-19-43)56-38-57(53-29-25-48-37-49(60(5,6)7)36-47-24-28-52(56)59(53)58(47)48)62(51-23-15-17-40(2)33-51)55-31-27-46(35-42(55)4)44-20-12-9-13-21-44/h8-38H,1-7H3. The first-order valence-electron chi connectivity index (χ1n) is 21.8. The van der Waals surface area contributed by atoms with Gasteiger partial charge in [-0.2, -0.15) is 0 Å². The third-order valence-electron chi connectivity index (χ3n) is 12.6. The Kier molecular flexibility index (Phi) is 9.68. The van der Waals surface area contributed by atoms with E-state index in [0.29, 0.717) is 0 Å². The van der Waals surface area contributed by atoms with Crippen LogP contribution in [0.3, 0.4) is 0 Å². The number of aryl methyl sites for hydroxylation is 4. The Hall–Kier alpha value is -7.16. The Morgan fingerprint density at radius 1 is 0.339 bits per heavy atom. The van der Waals surface area contributed by atoms with Crippen molar-refractivity contribution in [3.05, 3.63) is 216 Å². The lowest BCUT2D eigenvalue weighted by Gasteiger charge is -2.34. The number of hydrogen-bond acceptors (Lipinski definition) is 2. The van der Waals surface area contributed by atoms with Gasteiger partial charge in [-0.1, -0.05) is 154 Å². The topological polar surface area (TPSA) is 6.48 Å². The summed E-state index contributed by atoms with van der Waals surface area (Å²) in [5, 5.41) is 7.56. The van der Waals surface area contributed by atoms with Gasteiger partial charge in [-0.3, -0.25) is 0 Å². The molecule has 10 rings (SSSR count). The molecule has 0 N–H and O–H groups in total. The van der Waals surface area contributed by atoms with Gasteiger partial charge in [0.1, 0.15) is 0 Å². The normalized spacial score (nSPS) is 11.8. The summed E-state index contributed by atoms with van der Waals surface area (Å²) in [6.45, 7) is 15.8. The number of benzene rings is 10. The van der Waals surface area contributed by atoms with Gasteiger partial charge >= 0.3 is 0 Å². The van der Waals surface area contributed by atoms with Gasteiger partial charge in [0.2, 0.25) is 0 Å². The van der Waals surface area contributed by atoms with Crippen LogP contribution in [0.4, 0.5) is 34.1 Å². The highest BCUT2D eigenvalue weighted by Crippen LogP contribution is 2.52. The predicted octanol–water partition coefficient (Wildman–Crippen LogP) is 17.4. The van der Waals surface area contributed by atoms with Gasteiger partial charge in [0.25, 0.3) is 0 Å². The van der Waals surface area contributed by atoms with Crippen LogP contribution in [0.15, 0.2) is 188 Å². The average molecular weight is 801 g/mol. The summed E-state index contributed by atoms with van der Waals surface area (Å²) in [5.74, 6) is 0. The minimum atomic E-state index is 0.0115. The maximum Gasteiger partial charge on any atom is 0.0561 e. The van der Waals surface area contributed by atoms with E-state index in [0.717, 1.165) is 34.1 Å². The third kappa shape index (κ3) is 6.96. The lowest BCUT2D eigenvalue weighted by Crippen LogP contribution is -2.16. The molecule has 10 aromatic carbocycles. The predicted molar refractivity (Wildman–Crippen MR) is 268 cm³/mol. The fraction of sp³-hybridized carbons (Fsp3) is 0.133. The van der Waals surface area contributed by atoms with E-state index < -0.39 is 0 Å². The van der Waals surface area contributed by atoms with E-state index in [1.54, 1.807) is 0 Å². The Morgan fingerprint density at radius 3 is 1.19 bits per heavy atom. The maximum absolute atomic E-state index is 2.51. The molecule has 0 heterocycles. The highest BCUT2D eigenvalue weighted by Gasteiger charge is 2.27. The zero-order valence-corrected chi connectivity index (χ0v) is 36.8. The van der Waals surface area contributed by atoms with E-state index in [1.165, 1.54) is 82.4 Å². The molecular formula is C60H52N2. The highest BCUT2D eigenvalue weighted by atomic mass is 15.2. The van der Waals surface area contributed by atoms with Gasteiger partial charge < -0.3 is 9.80 Å². The van der Waals surface area contributed by atoms with Crippen molar-refractivity contribution in [1.29, 1.82) is 0 Å². The summed E-state index contributed by atoms with van der Waals surface area (Å²) in [4.78, 5) is 5.01. The van der Waals surface area contributed by atoms with Gasteiger partial charge in [0, 0.05) is 38.9 Å². The van der Waals surface area contributed by atoms with Crippen LogP contribution in [0, 0.1) is 27.7 Å². The van der Waals surface area contributed by atoms with Crippen LogP contribution in [0.5, 0.6) is 0 Å². The van der Waals surface area contributed by atoms with Gasteiger partial charge in [-0.05, 0) is 154 Å². The van der Waals surface area contributed by atoms with Crippen LogP contribution in [-0.4, -0.2) is 0 Å². The van der Waals surface area contributed by atoms with Crippen molar-refractivity contribution in [2.75, 3.05) is 9.80 Å². The summed E-state index contributed by atoms with van der Waals surface area (Å²) in [5.41, 5.74) is 17.9. The zero-order chi connectivity index (χ0) is 42.7. The van der Waals surface area contributed by atoms with Crippen LogP contribution in [-0.2, 0) is 5.41 Å². The molecule has 10 aromatic rings. The second kappa shape index (κ2) is 15.4. The minimum Gasteiger partial charge on any atom is -0.310 e. The van der Waals surface area contributed by atoms with E-state index in [-0.39, 0.29) is 5.41 Å². The molecule has 0 saturated heterocycles. The molecule has 0 aliphatic carbocycles. The Labute approximate surface area is 366 Å². The van der Waals surface area contributed by atoms with Crippen LogP contribution < -0.4 is 9.80 Å². The first-order chi connectivity index (χ1) is 30.0. The van der Waals surface area contributed by atoms with E-state index in [4.69, 9.17) is 0 Å². The quantitative estimate of drug-likeness (QED) is 0.141. The second-order valence-electron chi connectivity index (χ2n) is 18.1. The Bertz CT molecular complexity index is 3060. The van der Waals surface area contributed by atoms with E-state index >= 15 is 0 Å². The summed E-state index contributed by atoms with van der Waals surface area (Å²) in [7, 11) is 0. The van der Waals surface area contributed by atoms with Crippen molar-refractivity contribution in [2.45, 2.75) is 53.9 Å². The molecule has 0 aliphatic heterocycles. The summed E-state index contributed by atoms with van der Waals surface area (Å²) in [6.07, 6.45) is 0. The smallest absolute Gasteiger partial charge is 0.0561 e. The molecule has 0 atom stereocenters. The number of nitrogens with zero attached hydrogens (tertiary/aromatic N) is 2. The molecule has 2 nitrogen and oxygen atoms in total. The molecule has 0 aromatic heterocycles. The second-order valence-corrected chi connectivity index (χ2v) is 18.1. The highest BCUT2D eigenvalue weighted by molar-refractivity contribution is 6.29. The van der Waals surface area contributed by atoms with Crippen molar-refractivity contribution in [3.8, 4) is 22.3 Å². The average Bonchev–Trinajstić information content (AvgIpc) is 3.27. The van der Waals surface area contributed by atoms with E-state index in [1.807, 2.05) is 0 Å². The van der Waals surface area contributed by atoms with Crippen LogP contribution in [0.25, 0.3) is 54.6 Å². The first kappa shape index (κ1) is 39.0. The van der Waals surface area contributed by atoms with E-state index in [9.17, 15) is 0 Å². The van der Waals surface area contributed by atoms with Crippen LogP contribution in [0.1, 0.15) is 48.6 Å². The molecule has 0 spiro atoms. The molecule has 62 heavy (non-hydrogen) atoms. The summed E-state index contributed by atoms with van der Waals surface area (Å²) < 4.78 is 0. The van der Waals surface area contributed by atoms with Crippen molar-refractivity contribution in [1.82, 2.24) is 0 Å². The largest absolute Gasteiger partial charge is 0.310 e. The molecule has 0 radical (unpaired) electrons. The van der Waals surface area contributed by atoms with Gasteiger partial charge in [0.05, 0.1) is 11.4 Å². The van der Waals surface area contributed by atoms with E-state index in [2.05, 4.69) is 246 Å². The van der Waals surface area contributed by atoms with Crippen molar-refractivity contribution < 1.29 is 0 Å². The molecule has 2 heteroatoms. The minimum absolute atomic E-state index is 0.0115. The number of anilines is 6. The van der Waals surface area contributed by atoms with Crippen molar-refractivity contribution >= 4 is 66.4 Å². The monoisotopic (exact) mass is 800 g/mol. The fourth-order valence-electron chi connectivity index (χ4n) is 9.46. The third-order valence-corrected chi connectivity index (χ3v) is 12.6. The molecule has 0 saturated carbocycles. The number of rotatable bonds is 8. The van der Waals surface area contributed by atoms with Gasteiger partial charge in [-0.15, -0.1) is 0 Å². The Morgan fingerprint density at radius 2 is 0.790 bits per heavy atom. The molecular weight excluding hydrogens is 749 g/mol. The first-order valence-corrected chi connectivity index (χ1v) is 21.8. The summed E-state index contributed by atoms with van der Waals surface area (Å²) >= 11 is 0. The van der Waals surface area contributed by atoms with Crippen molar-refractivity contribution in [2.24, 2.45) is 0 Å². The molecule has 302 valence electrons. The van der Waals surface area contributed by atoms with Crippen LogP contribution >= 0.6 is 0 Å². The maximum atomic E-state index is 2.51. The Balaban J connectivity index is 1.31. The summed E-state index contributed by atoms with van der Waals surface area (Å²) in [6, 6.07) is 70.0.